The normalized spacial score (nSPS) is 11.7. The molecule has 1 atom stereocenters. The number of carbonyl (C=O) groups excluding carboxylic acids is 1. The second-order valence-electron chi connectivity index (χ2n) is 7.88. The number of rotatable bonds is 11. The number of carbonyl (C=O) groups is 1. The Morgan fingerprint density at radius 1 is 0.969 bits per heavy atom. The minimum atomic E-state index is -0.590. The van der Waals surface area contributed by atoms with E-state index in [1.807, 2.05) is 18.2 Å². The average molecular weight is 436 g/mol. The third-order valence-electron chi connectivity index (χ3n) is 5.39. The van der Waals surface area contributed by atoms with Crippen LogP contribution in [0.2, 0.25) is 0 Å². The third kappa shape index (κ3) is 6.90. The highest BCUT2D eigenvalue weighted by Crippen LogP contribution is 2.20. The van der Waals surface area contributed by atoms with Crippen molar-refractivity contribution in [3.63, 3.8) is 0 Å². The zero-order valence-electron chi connectivity index (χ0n) is 18.3. The van der Waals surface area contributed by atoms with Crippen molar-refractivity contribution in [3.8, 4) is 11.1 Å². The molecule has 4 N–H and O–H groups in total. The number of nitrogens with one attached hydrogen (secondary N) is 3. The van der Waals surface area contributed by atoms with E-state index in [0.29, 0.717) is 17.7 Å². The maximum absolute atomic E-state index is 13.5. The van der Waals surface area contributed by atoms with Crippen LogP contribution in [0, 0.1) is 12.7 Å². The highest BCUT2D eigenvalue weighted by Gasteiger charge is 2.17. The number of halogens is 1. The Kier molecular flexibility index (Phi) is 8.78. The molecule has 5 nitrogen and oxygen atoms in total. The quantitative estimate of drug-likeness (QED) is 0.193. The lowest BCUT2D eigenvalue weighted by Crippen LogP contribution is -2.38. The zero-order chi connectivity index (χ0) is 22.8. The van der Waals surface area contributed by atoms with Gasteiger partial charge in [-0.15, -0.1) is 0 Å². The molecule has 0 saturated heterocycles. The highest BCUT2D eigenvalue weighted by molar-refractivity contribution is 5.83. The van der Waals surface area contributed by atoms with Gasteiger partial charge in [-0.1, -0.05) is 48.5 Å². The first-order valence-corrected chi connectivity index (χ1v) is 10.9. The van der Waals surface area contributed by atoms with E-state index >= 15 is 0 Å². The van der Waals surface area contributed by atoms with Crippen molar-refractivity contribution in [1.29, 1.82) is 0 Å². The number of hydrogen-bond donors (Lipinski definition) is 4. The molecule has 0 unspecified atom stereocenters. The smallest absolute Gasteiger partial charge is 0.265 e. The first kappa shape index (κ1) is 23.4. The molecule has 32 heavy (non-hydrogen) atoms. The average Bonchev–Trinajstić information content (AvgIpc) is 2.83. The zero-order valence-corrected chi connectivity index (χ0v) is 18.3. The molecule has 3 aromatic carbocycles. The summed E-state index contributed by atoms with van der Waals surface area (Å²) in [6, 6.07) is 22.8. The van der Waals surface area contributed by atoms with E-state index in [-0.39, 0.29) is 5.82 Å². The molecule has 168 valence electrons. The fraction of sp³-hybridized carbons (Fsp3) is 0.269. The van der Waals surface area contributed by atoms with Crippen molar-refractivity contribution in [2.24, 2.45) is 0 Å². The summed E-state index contributed by atoms with van der Waals surface area (Å²) in [4.78, 5) is 12.0. The van der Waals surface area contributed by atoms with Gasteiger partial charge in [-0.3, -0.25) is 10.0 Å². The van der Waals surface area contributed by atoms with Gasteiger partial charge >= 0.3 is 0 Å². The summed E-state index contributed by atoms with van der Waals surface area (Å²) >= 11 is 0. The molecule has 0 aliphatic carbocycles. The molecule has 0 aliphatic rings. The Hall–Kier alpha value is -3.22. The number of anilines is 1. The van der Waals surface area contributed by atoms with Crippen LogP contribution in [-0.4, -0.2) is 23.7 Å². The number of amides is 1. The Balaban J connectivity index is 1.43. The van der Waals surface area contributed by atoms with Gasteiger partial charge in [0.1, 0.15) is 11.9 Å². The predicted octanol–water partition coefficient (Wildman–Crippen LogP) is 5.05. The molecule has 0 radical (unpaired) electrons. The Bertz CT molecular complexity index is 1010. The summed E-state index contributed by atoms with van der Waals surface area (Å²) in [5.41, 5.74) is 6.48. The SMILES string of the molecule is Cc1cc(N[C@H](CCCCNCc2cccc(-c3ccccc3)c2)C(=O)NO)ccc1F. The van der Waals surface area contributed by atoms with Gasteiger partial charge in [-0.25, -0.2) is 9.87 Å². The lowest BCUT2D eigenvalue weighted by atomic mass is 10.0. The van der Waals surface area contributed by atoms with E-state index in [9.17, 15) is 9.18 Å². The first-order valence-electron chi connectivity index (χ1n) is 10.9. The van der Waals surface area contributed by atoms with Gasteiger partial charge in [0.25, 0.3) is 5.91 Å². The first-order chi connectivity index (χ1) is 15.6. The van der Waals surface area contributed by atoms with Crippen molar-refractivity contribution >= 4 is 11.6 Å². The van der Waals surface area contributed by atoms with Crippen LogP contribution in [0.3, 0.4) is 0 Å². The van der Waals surface area contributed by atoms with Crippen LogP contribution in [0.4, 0.5) is 10.1 Å². The second kappa shape index (κ2) is 12.0. The molecule has 0 bridgehead atoms. The summed E-state index contributed by atoms with van der Waals surface area (Å²) in [5, 5.41) is 15.6. The lowest BCUT2D eigenvalue weighted by molar-refractivity contribution is -0.130. The predicted molar refractivity (Wildman–Crippen MR) is 126 cm³/mol. The van der Waals surface area contributed by atoms with Crippen molar-refractivity contribution in [2.45, 2.75) is 38.8 Å². The lowest BCUT2D eigenvalue weighted by Gasteiger charge is -2.18. The maximum Gasteiger partial charge on any atom is 0.265 e. The van der Waals surface area contributed by atoms with Gasteiger partial charge in [-0.2, -0.15) is 0 Å². The molecule has 0 aliphatic heterocycles. The summed E-state index contributed by atoms with van der Waals surface area (Å²) < 4.78 is 13.5. The summed E-state index contributed by atoms with van der Waals surface area (Å²) in [5.74, 6) is -0.795. The van der Waals surface area contributed by atoms with Crippen LogP contribution >= 0.6 is 0 Å². The molecule has 0 fully saturated rings. The minimum absolute atomic E-state index is 0.293. The number of hydroxylamine groups is 1. The van der Waals surface area contributed by atoms with Crippen LogP contribution in [0.1, 0.15) is 30.4 Å². The van der Waals surface area contributed by atoms with Crippen LogP contribution in [0.15, 0.2) is 72.8 Å². The van der Waals surface area contributed by atoms with E-state index in [1.165, 1.54) is 22.8 Å². The van der Waals surface area contributed by atoms with E-state index in [1.54, 1.807) is 24.5 Å². The van der Waals surface area contributed by atoms with Gasteiger partial charge in [0, 0.05) is 12.2 Å². The topological polar surface area (TPSA) is 73.4 Å². The van der Waals surface area contributed by atoms with E-state index in [0.717, 1.165) is 25.9 Å². The van der Waals surface area contributed by atoms with Crippen molar-refractivity contribution in [3.05, 3.63) is 89.7 Å². The summed E-state index contributed by atoms with van der Waals surface area (Å²) in [6.07, 6.45) is 2.23. The molecule has 0 saturated carbocycles. The second-order valence-corrected chi connectivity index (χ2v) is 7.88. The van der Waals surface area contributed by atoms with Gasteiger partial charge < -0.3 is 10.6 Å². The molecule has 0 heterocycles. The molecule has 1 amide bonds. The molecule has 0 spiro atoms. The standard InChI is InChI=1S/C26H30FN3O2/c1-19-16-23(13-14-24(19)27)29-25(26(31)30-32)12-5-6-15-28-18-20-8-7-11-22(17-20)21-9-3-2-4-10-21/h2-4,7-11,13-14,16-17,25,28-29,32H,5-6,12,15,18H2,1H3,(H,30,31)/t25-/m1/s1. The fourth-order valence-electron chi connectivity index (χ4n) is 3.61. The van der Waals surface area contributed by atoms with E-state index in [2.05, 4.69) is 47.0 Å². The number of unbranched alkanes of at least 4 members (excludes halogenated alkanes) is 1. The monoisotopic (exact) mass is 435 g/mol. The molecule has 3 rings (SSSR count). The number of aryl methyl sites for hydroxylation is 1. The minimum Gasteiger partial charge on any atom is -0.374 e. The molecular formula is C26H30FN3O2. The third-order valence-corrected chi connectivity index (χ3v) is 5.39. The molecule has 3 aromatic rings. The van der Waals surface area contributed by atoms with Crippen LogP contribution < -0.4 is 16.1 Å². The molecular weight excluding hydrogens is 405 g/mol. The van der Waals surface area contributed by atoms with Crippen molar-refractivity contribution in [2.75, 3.05) is 11.9 Å². The Morgan fingerprint density at radius 3 is 2.50 bits per heavy atom. The van der Waals surface area contributed by atoms with Gasteiger partial charge in [0.05, 0.1) is 0 Å². The fourth-order valence-corrected chi connectivity index (χ4v) is 3.61. The largest absolute Gasteiger partial charge is 0.374 e. The van der Waals surface area contributed by atoms with Gasteiger partial charge in [0.2, 0.25) is 0 Å². The maximum atomic E-state index is 13.5. The van der Waals surface area contributed by atoms with E-state index < -0.39 is 11.9 Å². The van der Waals surface area contributed by atoms with Crippen LogP contribution in [0.25, 0.3) is 11.1 Å². The number of hydrogen-bond acceptors (Lipinski definition) is 4. The molecule has 0 aromatic heterocycles. The highest BCUT2D eigenvalue weighted by atomic mass is 19.1. The summed E-state index contributed by atoms with van der Waals surface area (Å²) in [7, 11) is 0. The molecule has 6 heteroatoms. The van der Waals surface area contributed by atoms with Crippen molar-refractivity contribution in [1.82, 2.24) is 10.8 Å². The van der Waals surface area contributed by atoms with Gasteiger partial charge in [-0.05, 0) is 79.3 Å². The van der Waals surface area contributed by atoms with E-state index in [4.69, 9.17) is 5.21 Å². The Labute approximate surface area is 188 Å². The van der Waals surface area contributed by atoms with Crippen LogP contribution in [-0.2, 0) is 11.3 Å². The van der Waals surface area contributed by atoms with Crippen molar-refractivity contribution < 1.29 is 14.4 Å². The Morgan fingerprint density at radius 2 is 1.75 bits per heavy atom. The van der Waals surface area contributed by atoms with Gasteiger partial charge in [0.15, 0.2) is 0 Å². The van der Waals surface area contributed by atoms with Crippen LogP contribution in [0.5, 0.6) is 0 Å². The number of benzene rings is 3. The summed E-state index contributed by atoms with van der Waals surface area (Å²) in [6.45, 7) is 3.26.